The molecule has 13 heteroatoms. The van der Waals surface area contributed by atoms with E-state index in [9.17, 15) is 27.5 Å². The molecule has 0 saturated heterocycles. The number of rotatable bonds is 8. The topological polar surface area (TPSA) is 128 Å². The van der Waals surface area contributed by atoms with Crippen LogP contribution in [-0.2, 0) is 10.0 Å². The van der Waals surface area contributed by atoms with Crippen LogP contribution in [0.2, 0.25) is 5.02 Å². The van der Waals surface area contributed by atoms with Crippen molar-refractivity contribution < 1.29 is 32.2 Å². The lowest BCUT2D eigenvalue weighted by molar-refractivity contribution is 0.0371. The molecule has 0 radical (unpaired) electrons. The number of nitrogens with one attached hydrogen (secondary N) is 2. The predicted octanol–water partition coefficient (Wildman–Crippen LogP) is 4.66. The number of anilines is 2. The molecule has 42 heavy (non-hydrogen) atoms. The minimum Gasteiger partial charge on any atom is -0.487 e. The first kappa shape index (κ1) is 31.1. The Hall–Kier alpha value is -3.87. The molecule has 0 aromatic heterocycles. The molecule has 224 valence electrons. The highest BCUT2D eigenvalue weighted by Crippen LogP contribution is 2.31. The van der Waals surface area contributed by atoms with E-state index in [1.807, 2.05) is 6.92 Å². The van der Waals surface area contributed by atoms with Gasteiger partial charge in [-0.1, -0.05) is 18.5 Å². The lowest BCUT2D eigenvalue weighted by Crippen LogP contribution is -2.50. The third kappa shape index (κ3) is 7.30. The number of carbonyl (C=O) groups excluding carboxylic acids is 2. The molecule has 3 amide bonds. The van der Waals surface area contributed by atoms with E-state index in [1.165, 1.54) is 76.5 Å². The van der Waals surface area contributed by atoms with Gasteiger partial charge in [0, 0.05) is 35.9 Å². The minimum atomic E-state index is -3.98. The van der Waals surface area contributed by atoms with Crippen molar-refractivity contribution in [3.8, 4) is 5.75 Å². The fourth-order valence-electron chi connectivity index (χ4n) is 4.44. The number of nitrogens with zero attached hydrogens (tertiary/aromatic N) is 2. The van der Waals surface area contributed by atoms with E-state index >= 15 is 0 Å². The van der Waals surface area contributed by atoms with Gasteiger partial charge in [-0.25, -0.2) is 17.6 Å². The number of hydrogen-bond donors (Lipinski definition) is 3. The first-order valence-electron chi connectivity index (χ1n) is 13.2. The molecule has 4 rings (SSSR count). The van der Waals surface area contributed by atoms with Crippen LogP contribution in [0, 0.1) is 11.7 Å². The van der Waals surface area contributed by atoms with Gasteiger partial charge in [-0.3, -0.25) is 9.52 Å². The summed E-state index contributed by atoms with van der Waals surface area (Å²) in [6, 6.07) is 14.4. The van der Waals surface area contributed by atoms with E-state index in [1.54, 1.807) is 14.0 Å². The first-order chi connectivity index (χ1) is 19.9. The van der Waals surface area contributed by atoms with Crippen LogP contribution < -0.4 is 14.8 Å². The van der Waals surface area contributed by atoms with Gasteiger partial charge in [0.25, 0.3) is 15.9 Å². The Morgan fingerprint density at radius 3 is 2.43 bits per heavy atom. The SMILES string of the molecule is C[C@@H]1CN([C@@H](C)CO)C(=O)c2cc(NS(=O)(=O)c3ccc(Cl)cc3)ccc2O[C@H]1CN(C)C(=O)Nc1ccc(F)cc1. The number of halogens is 2. The fraction of sp³-hybridized carbons (Fsp3) is 0.310. The standard InChI is InChI=1S/C29H32ClFN4O6S/c1-18-15-35(19(2)17-36)28(37)25-14-23(33-42(39,40)24-11-4-20(30)5-12-24)10-13-26(25)41-27(18)16-34(3)29(38)32-22-8-6-21(31)7-9-22/h4-14,18-19,27,33,36H,15-17H2,1-3H3,(H,32,38)/t18-,19+,27+/m1/s1. The number of amides is 3. The summed E-state index contributed by atoms with van der Waals surface area (Å²) in [5.74, 6) is -0.922. The maximum Gasteiger partial charge on any atom is 0.321 e. The third-order valence-corrected chi connectivity index (χ3v) is 8.59. The van der Waals surface area contributed by atoms with Crippen LogP contribution in [0.4, 0.5) is 20.6 Å². The number of aliphatic hydroxyl groups is 1. The molecule has 10 nitrogen and oxygen atoms in total. The largest absolute Gasteiger partial charge is 0.487 e. The number of fused-ring (bicyclic) bond motifs is 1. The number of benzene rings is 3. The first-order valence-corrected chi connectivity index (χ1v) is 15.0. The molecule has 3 atom stereocenters. The van der Waals surface area contributed by atoms with Crippen molar-refractivity contribution >= 4 is 44.9 Å². The average Bonchev–Trinajstić information content (AvgIpc) is 2.96. The van der Waals surface area contributed by atoms with Crippen molar-refractivity contribution in [3.05, 3.63) is 83.1 Å². The highest BCUT2D eigenvalue weighted by atomic mass is 35.5. The quantitative estimate of drug-likeness (QED) is 0.337. The summed E-state index contributed by atoms with van der Waals surface area (Å²) in [4.78, 5) is 29.4. The number of urea groups is 1. The molecule has 1 aliphatic rings. The zero-order valence-electron chi connectivity index (χ0n) is 23.3. The van der Waals surface area contributed by atoms with Gasteiger partial charge in [-0.05, 0) is 73.7 Å². The molecule has 0 aliphatic carbocycles. The Bertz CT molecular complexity index is 1540. The minimum absolute atomic E-state index is 0.00686. The highest BCUT2D eigenvalue weighted by molar-refractivity contribution is 7.92. The monoisotopic (exact) mass is 618 g/mol. The molecule has 0 bridgehead atoms. The molecule has 1 heterocycles. The molecule has 0 saturated carbocycles. The normalized spacial score (nSPS) is 17.8. The van der Waals surface area contributed by atoms with E-state index in [0.717, 1.165) is 0 Å². The maximum atomic E-state index is 13.7. The fourth-order valence-corrected chi connectivity index (χ4v) is 5.61. The molecule has 3 aromatic rings. The van der Waals surface area contributed by atoms with Gasteiger partial charge in [0.2, 0.25) is 0 Å². The van der Waals surface area contributed by atoms with Crippen LogP contribution in [-0.4, -0.2) is 74.2 Å². The average molecular weight is 619 g/mol. The van der Waals surface area contributed by atoms with E-state index in [0.29, 0.717) is 10.7 Å². The predicted molar refractivity (Wildman–Crippen MR) is 158 cm³/mol. The molecular weight excluding hydrogens is 587 g/mol. The van der Waals surface area contributed by atoms with Gasteiger partial charge < -0.3 is 25.0 Å². The highest BCUT2D eigenvalue weighted by Gasteiger charge is 2.34. The Morgan fingerprint density at radius 1 is 1.14 bits per heavy atom. The summed E-state index contributed by atoms with van der Waals surface area (Å²) in [6.07, 6.45) is -0.578. The van der Waals surface area contributed by atoms with Crippen molar-refractivity contribution in [3.63, 3.8) is 0 Å². The molecular formula is C29H32ClFN4O6S. The molecule has 3 aromatic carbocycles. The Morgan fingerprint density at radius 2 is 1.79 bits per heavy atom. The maximum absolute atomic E-state index is 13.7. The third-order valence-electron chi connectivity index (χ3n) is 6.94. The molecule has 1 aliphatic heterocycles. The summed E-state index contributed by atoms with van der Waals surface area (Å²) in [7, 11) is -2.40. The van der Waals surface area contributed by atoms with Gasteiger partial charge in [-0.15, -0.1) is 0 Å². The van der Waals surface area contributed by atoms with Gasteiger partial charge in [-0.2, -0.15) is 0 Å². The Labute approximate surface area is 249 Å². The van der Waals surface area contributed by atoms with Gasteiger partial charge in [0.05, 0.1) is 29.7 Å². The van der Waals surface area contributed by atoms with Crippen molar-refractivity contribution in [1.29, 1.82) is 0 Å². The lowest BCUT2D eigenvalue weighted by atomic mass is 9.99. The number of ether oxygens (including phenoxy) is 1. The van der Waals surface area contributed by atoms with Crippen molar-refractivity contribution in [2.24, 2.45) is 5.92 Å². The summed E-state index contributed by atoms with van der Waals surface area (Å²) in [6.45, 7) is 3.63. The zero-order chi connectivity index (χ0) is 30.6. The number of likely N-dealkylation sites (N-methyl/N-ethyl adjacent to an activating group) is 1. The van der Waals surface area contributed by atoms with Crippen LogP contribution in [0.1, 0.15) is 24.2 Å². The van der Waals surface area contributed by atoms with Gasteiger partial charge >= 0.3 is 6.03 Å². The number of hydrogen-bond acceptors (Lipinski definition) is 6. The van der Waals surface area contributed by atoms with Gasteiger partial charge in [0.15, 0.2) is 0 Å². The Kier molecular flexibility index (Phi) is 9.60. The summed E-state index contributed by atoms with van der Waals surface area (Å²) in [5.41, 5.74) is 0.660. The van der Waals surface area contributed by atoms with Crippen molar-refractivity contribution in [1.82, 2.24) is 9.80 Å². The Balaban J connectivity index is 1.61. The number of sulfonamides is 1. The van der Waals surface area contributed by atoms with Crippen LogP contribution in [0.15, 0.2) is 71.6 Å². The molecule has 0 spiro atoms. The second-order valence-corrected chi connectivity index (χ2v) is 12.3. The summed E-state index contributed by atoms with van der Waals surface area (Å²) >= 11 is 5.88. The second kappa shape index (κ2) is 13.0. The van der Waals surface area contributed by atoms with Crippen LogP contribution in [0.25, 0.3) is 0 Å². The second-order valence-electron chi connectivity index (χ2n) is 10.2. The smallest absolute Gasteiger partial charge is 0.321 e. The summed E-state index contributed by atoms with van der Waals surface area (Å²) < 4.78 is 47.9. The molecule has 3 N–H and O–H groups in total. The zero-order valence-corrected chi connectivity index (χ0v) is 24.8. The van der Waals surface area contributed by atoms with Crippen molar-refractivity contribution in [2.45, 2.75) is 30.9 Å². The lowest BCUT2D eigenvalue weighted by Gasteiger charge is -2.38. The van der Waals surface area contributed by atoms with Crippen LogP contribution in [0.3, 0.4) is 0 Å². The summed E-state index contributed by atoms with van der Waals surface area (Å²) in [5, 5.41) is 13.0. The molecule has 0 fully saturated rings. The van der Waals surface area contributed by atoms with Crippen molar-refractivity contribution in [2.75, 3.05) is 36.8 Å². The van der Waals surface area contributed by atoms with E-state index < -0.39 is 39.9 Å². The number of aliphatic hydroxyl groups excluding tert-OH is 1. The van der Waals surface area contributed by atoms with Gasteiger partial charge in [0.1, 0.15) is 17.7 Å². The van der Waals surface area contributed by atoms with Crippen LogP contribution in [0.5, 0.6) is 5.75 Å². The van der Waals surface area contributed by atoms with E-state index in [-0.39, 0.29) is 47.5 Å². The molecule has 0 unspecified atom stereocenters. The van der Waals surface area contributed by atoms with Crippen LogP contribution >= 0.6 is 11.6 Å². The van der Waals surface area contributed by atoms with E-state index in [4.69, 9.17) is 16.3 Å². The number of carbonyl (C=O) groups is 2. The van der Waals surface area contributed by atoms with E-state index in [2.05, 4.69) is 10.0 Å².